The summed E-state index contributed by atoms with van der Waals surface area (Å²) in [6.07, 6.45) is 0. The molecule has 0 fully saturated rings. The van der Waals surface area contributed by atoms with Gasteiger partial charge >= 0.3 is 0 Å². The molecule has 21 heavy (non-hydrogen) atoms. The Morgan fingerprint density at radius 3 is 1.86 bits per heavy atom. The summed E-state index contributed by atoms with van der Waals surface area (Å²) in [5, 5.41) is 0. The van der Waals surface area contributed by atoms with Gasteiger partial charge in [-0.1, -0.05) is 12.1 Å². The minimum absolute atomic E-state index is 0.532. The second kappa shape index (κ2) is 8.40. The van der Waals surface area contributed by atoms with Gasteiger partial charge in [-0.15, -0.1) is 0 Å². The van der Waals surface area contributed by atoms with Crippen molar-refractivity contribution in [3.05, 3.63) is 29.8 Å². The smallest absolute Gasteiger partial charge is 0.0366 e. The Bertz CT molecular complexity index is 397. The quantitative estimate of drug-likeness (QED) is 0.727. The van der Waals surface area contributed by atoms with E-state index in [1.165, 1.54) is 11.3 Å². The molecule has 0 heterocycles. The highest BCUT2D eigenvalue weighted by Gasteiger charge is 2.07. The van der Waals surface area contributed by atoms with Crippen molar-refractivity contribution in [2.45, 2.75) is 46.3 Å². The van der Waals surface area contributed by atoms with Gasteiger partial charge in [-0.05, 0) is 59.5 Å². The van der Waals surface area contributed by atoms with Crippen molar-refractivity contribution in [2.75, 3.05) is 39.1 Å². The zero-order valence-electron chi connectivity index (χ0n) is 14.9. The van der Waals surface area contributed by atoms with Crippen molar-refractivity contribution in [1.82, 2.24) is 9.80 Å². The lowest BCUT2D eigenvalue weighted by atomic mass is 10.1. The molecule has 1 aromatic carbocycles. The average Bonchev–Trinajstić information content (AvgIpc) is 2.44. The average molecular weight is 291 g/mol. The molecule has 0 radical (unpaired) electrons. The van der Waals surface area contributed by atoms with Crippen LogP contribution in [-0.2, 0) is 6.54 Å². The van der Waals surface area contributed by atoms with Crippen LogP contribution in [-0.4, -0.2) is 56.1 Å². The lowest BCUT2D eigenvalue weighted by Crippen LogP contribution is -2.34. The second-order valence-electron chi connectivity index (χ2n) is 6.68. The summed E-state index contributed by atoms with van der Waals surface area (Å²) in [4.78, 5) is 7.07. The minimum Gasteiger partial charge on any atom is -0.372 e. The zero-order valence-corrected chi connectivity index (χ0v) is 14.9. The van der Waals surface area contributed by atoms with Crippen LogP contribution in [0.4, 0.5) is 5.69 Å². The number of hydrogen-bond donors (Lipinski definition) is 0. The topological polar surface area (TPSA) is 9.72 Å². The molecule has 0 aliphatic carbocycles. The third-order valence-corrected chi connectivity index (χ3v) is 4.29. The van der Waals surface area contributed by atoms with Crippen LogP contribution < -0.4 is 4.90 Å². The molecule has 0 spiro atoms. The molecular formula is C18H33N3. The molecule has 1 rings (SSSR count). The Kier molecular flexibility index (Phi) is 7.20. The number of benzene rings is 1. The van der Waals surface area contributed by atoms with Crippen LogP contribution in [0.15, 0.2) is 24.3 Å². The summed E-state index contributed by atoms with van der Waals surface area (Å²) in [5.74, 6) is 0. The molecule has 1 aromatic rings. The summed E-state index contributed by atoms with van der Waals surface area (Å²) in [5.41, 5.74) is 2.67. The van der Waals surface area contributed by atoms with Gasteiger partial charge in [0.25, 0.3) is 0 Å². The van der Waals surface area contributed by atoms with Crippen molar-refractivity contribution in [1.29, 1.82) is 0 Å². The van der Waals surface area contributed by atoms with E-state index < -0.39 is 0 Å². The third kappa shape index (κ3) is 6.06. The molecule has 0 atom stereocenters. The van der Waals surface area contributed by atoms with Crippen LogP contribution in [0.3, 0.4) is 0 Å². The first-order valence-corrected chi connectivity index (χ1v) is 8.01. The molecule has 120 valence electrons. The Morgan fingerprint density at radius 2 is 1.38 bits per heavy atom. The number of anilines is 1. The van der Waals surface area contributed by atoms with Gasteiger partial charge in [0.15, 0.2) is 0 Å². The molecule has 3 heteroatoms. The number of rotatable bonds is 8. The van der Waals surface area contributed by atoms with Crippen LogP contribution >= 0.6 is 0 Å². The molecule has 0 saturated carbocycles. The highest BCUT2D eigenvalue weighted by Crippen LogP contribution is 2.16. The lowest BCUT2D eigenvalue weighted by molar-refractivity contribution is 0.221. The summed E-state index contributed by atoms with van der Waals surface area (Å²) in [6, 6.07) is 10.1. The first-order chi connectivity index (χ1) is 9.81. The van der Waals surface area contributed by atoms with E-state index in [1.807, 2.05) is 0 Å². The molecule has 0 bridgehead atoms. The number of nitrogens with zero attached hydrogens (tertiary/aromatic N) is 3. The minimum atomic E-state index is 0.532. The normalized spacial score (nSPS) is 12.0. The maximum absolute atomic E-state index is 2.39. The van der Waals surface area contributed by atoms with Crippen LogP contribution in [0.5, 0.6) is 0 Å². The monoisotopic (exact) mass is 291 g/mol. The summed E-state index contributed by atoms with van der Waals surface area (Å²) >= 11 is 0. The van der Waals surface area contributed by atoms with E-state index in [4.69, 9.17) is 0 Å². The number of hydrogen-bond acceptors (Lipinski definition) is 3. The van der Waals surface area contributed by atoms with Crippen molar-refractivity contribution in [3.8, 4) is 0 Å². The Labute approximate surface area is 131 Å². The van der Waals surface area contributed by atoms with Gasteiger partial charge in [0.2, 0.25) is 0 Å². The molecule has 0 unspecified atom stereocenters. The summed E-state index contributed by atoms with van der Waals surface area (Å²) in [6.45, 7) is 12.1. The van der Waals surface area contributed by atoms with E-state index in [1.54, 1.807) is 0 Å². The Morgan fingerprint density at radius 1 is 0.810 bits per heavy atom. The van der Waals surface area contributed by atoms with Gasteiger partial charge in [-0.2, -0.15) is 0 Å². The largest absolute Gasteiger partial charge is 0.372 e. The number of likely N-dealkylation sites (N-methyl/N-ethyl adjacent to an activating group) is 2. The maximum atomic E-state index is 2.39. The first kappa shape index (κ1) is 18.0. The van der Waals surface area contributed by atoms with Crippen LogP contribution in [0.25, 0.3) is 0 Å². The van der Waals surface area contributed by atoms with Gasteiger partial charge in [0.05, 0.1) is 0 Å². The molecule has 0 amide bonds. The van der Waals surface area contributed by atoms with E-state index in [2.05, 4.69) is 87.8 Å². The van der Waals surface area contributed by atoms with E-state index in [0.717, 1.165) is 19.6 Å². The van der Waals surface area contributed by atoms with Crippen LogP contribution in [0.2, 0.25) is 0 Å². The fraction of sp³-hybridized carbons (Fsp3) is 0.667. The SMILES string of the molecule is CC(C)N(C)CCN(C)Cc1ccc(N(C)C(C)C)cc1. The molecular weight excluding hydrogens is 258 g/mol. The van der Waals surface area contributed by atoms with Crippen molar-refractivity contribution in [3.63, 3.8) is 0 Å². The standard InChI is InChI=1S/C18H33N3/c1-15(2)20(6)13-12-19(5)14-17-8-10-18(11-9-17)21(7)16(3)4/h8-11,15-16H,12-14H2,1-7H3. The summed E-state index contributed by atoms with van der Waals surface area (Å²) < 4.78 is 0. The predicted molar refractivity (Wildman–Crippen MR) is 94.1 cm³/mol. The summed E-state index contributed by atoms with van der Waals surface area (Å²) in [7, 11) is 6.53. The van der Waals surface area contributed by atoms with Crippen molar-refractivity contribution in [2.24, 2.45) is 0 Å². The predicted octanol–water partition coefficient (Wildman–Crippen LogP) is 3.30. The van der Waals surface area contributed by atoms with Gasteiger partial charge in [-0.3, -0.25) is 0 Å². The van der Waals surface area contributed by atoms with Gasteiger partial charge in [-0.25, -0.2) is 0 Å². The lowest BCUT2D eigenvalue weighted by Gasteiger charge is -2.25. The molecule has 0 aliphatic heterocycles. The highest BCUT2D eigenvalue weighted by atomic mass is 15.2. The zero-order chi connectivity index (χ0) is 16.0. The molecule has 0 saturated heterocycles. The van der Waals surface area contributed by atoms with E-state index >= 15 is 0 Å². The second-order valence-corrected chi connectivity index (χ2v) is 6.68. The van der Waals surface area contributed by atoms with Crippen molar-refractivity contribution < 1.29 is 0 Å². The maximum Gasteiger partial charge on any atom is 0.0366 e. The van der Waals surface area contributed by atoms with Gasteiger partial charge in [0, 0.05) is 44.5 Å². The molecule has 0 aromatic heterocycles. The van der Waals surface area contributed by atoms with E-state index in [0.29, 0.717) is 12.1 Å². The fourth-order valence-electron chi connectivity index (χ4n) is 2.11. The molecule has 0 aliphatic rings. The Hall–Kier alpha value is -1.06. The van der Waals surface area contributed by atoms with E-state index in [-0.39, 0.29) is 0 Å². The first-order valence-electron chi connectivity index (χ1n) is 8.01. The molecule has 3 nitrogen and oxygen atoms in total. The van der Waals surface area contributed by atoms with Gasteiger partial charge < -0.3 is 14.7 Å². The Balaban J connectivity index is 2.48. The molecule has 0 N–H and O–H groups in total. The fourth-order valence-corrected chi connectivity index (χ4v) is 2.11. The highest BCUT2D eigenvalue weighted by molar-refractivity contribution is 5.47. The third-order valence-electron chi connectivity index (χ3n) is 4.29. The van der Waals surface area contributed by atoms with Crippen molar-refractivity contribution >= 4 is 5.69 Å². The van der Waals surface area contributed by atoms with E-state index in [9.17, 15) is 0 Å². The van der Waals surface area contributed by atoms with Gasteiger partial charge in [0.1, 0.15) is 0 Å². The van der Waals surface area contributed by atoms with Crippen LogP contribution in [0, 0.1) is 0 Å². The van der Waals surface area contributed by atoms with Crippen LogP contribution in [0.1, 0.15) is 33.3 Å².